The van der Waals surface area contributed by atoms with Crippen molar-refractivity contribution in [3.8, 4) is 0 Å². The molecule has 19 heavy (non-hydrogen) atoms. The monoisotopic (exact) mass is 330 g/mol. The summed E-state index contributed by atoms with van der Waals surface area (Å²) in [5.74, 6) is -0.237. The van der Waals surface area contributed by atoms with E-state index in [0.717, 1.165) is 4.47 Å². The number of rotatable bonds is 6. The average molecular weight is 331 g/mol. The first-order valence-electron chi connectivity index (χ1n) is 6.38. The summed E-state index contributed by atoms with van der Waals surface area (Å²) in [5.41, 5.74) is 0.596. The highest BCUT2D eigenvalue weighted by atomic mass is 79.9. The van der Waals surface area contributed by atoms with E-state index in [9.17, 15) is 9.18 Å². The third kappa shape index (κ3) is 5.70. The number of hydrogen-bond donors (Lipinski definition) is 2. The lowest BCUT2D eigenvalue weighted by Crippen LogP contribution is -2.33. The van der Waals surface area contributed by atoms with E-state index in [1.807, 2.05) is 20.8 Å². The van der Waals surface area contributed by atoms with Crippen LogP contribution in [0.2, 0.25) is 0 Å². The number of hydrogen-bond acceptors (Lipinski definition) is 2. The topological polar surface area (TPSA) is 41.1 Å². The fourth-order valence-electron chi connectivity index (χ4n) is 1.75. The maximum Gasteiger partial charge on any atom is 0.221 e. The molecule has 0 saturated heterocycles. The molecule has 1 aromatic rings. The van der Waals surface area contributed by atoms with E-state index in [0.29, 0.717) is 18.5 Å². The van der Waals surface area contributed by atoms with Crippen LogP contribution in [-0.4, -0.2) is 18.5 Å². The maximum atomic E-state index is 13.6. The van der Waals surface area contributed by atoms with E-state index in [4.69, 9.17) is 0 Å². The zero-order valence-electron chi connectivity index (χ0n) is 11.5. The minimum absolute atomic E-state index is 0.00409. The molecule has 5 heteroatoms. The number of carbonyl (C=O) groups is 1. The van der Waals surface area contributed by atoms with Crippen LogP contribution in [-0.2, 0) is 4.79 Å². The summed E-state index contributed by atoms with van der Waals surface area (Å²) in [6.07, 6.45) is 0.387. The number of amides is 1. The van der Waals surface area contributed by atoms with Gasteiger partial charge in [-0.3, -0.25) is 4.79 Å². The standard InChI is InChI=1S/C14H20BrFN2O/c1-9(2)18-14(19)6-7-17-10(3)12-8-11(15)4-5-13(12)16/h4-5,8-10,17H,6-7H2,1-3H3,(H,18,19). The van der Waals surface area contributed by atoms with Crippen LogP contribution in [0.5, 0.6) is 0 Å². The van der Waals surface area contributed by atoms with Crippen molar-refractivity contribution in [3.63, 3.8) is 0 Å². The zero-order chi connectivity index (χ0) is 14.4. The van der Waals surface area contributed by atoms with Gasteiger partial charge in [0.05, 0.1) is 0 Å². The minimum Gasteiger partial charge on any atom is -0.354 e. The summed E-state index contributed by atoms with van der Waals surface area (Å²) in [6.45, 7) is 6.24. The number of nitrogens with one attached hydrogen (secondary N) is 2. The van der Waals surface area contributed by atoms with Crippen LogP contribution in [0.1, 0.15) is 38.8 Å². The van der Waals surface area contributed by atoms with Gasteiger partial charge in [-0.25, -0.2) is 4.39 Å². The van der Waals surface area contributed by atoms with Crippen molar-refractivity contribution in [2.45, 2.75) is 39.3 Å². The lowest BCUT2D eigenvalue weighted by atomic mass is 10.1. The maximum absolute atomic E-state index is 13.6. The van der Waals surface area contributed by atoms with E-state index in [-0.39, 0.29) is 23.8 Å². The van der Waals surface area contributed by atoms with Crippen LogP contribution in [0.25, 0.3) is 0 Å². The quantitative estimate of drug-likeness (QED) is 0.841. The summed E-state index contributed by atoms with van der Waals surface area (Å²) in [6, 6.07) is 4.86. The van der Waals surface area contributed by atoms with Crippen molar-refractivity contribution in [2.75, 3.05) is 6.54 Å². The molecule has 0 radical (unpaired) electrons. The zero-order valence-corrected chi connectivity index (χ0v) is 13.1. The first kappa shape index (κ1) is 16.1. The van der Waals surface area contributed by atoms with Gasteiger partial charge in [-0.05, 0) is 39.0 Å². The van der Waals surface area contributed by atoms with Gasteiger partial charge < -0.3 is 10.6 Å². The SMILES string of the molecule is CC(C)NC(=O)CCNC(C)c1cc(Br)ccc1F. The first-order chi connectivity index (χ1) is 8.90. The molecule has 0 aliphatic carbocycles. The third-order valence-electron chi connectivity index (χ3n) is 2.68. The lowest BCUT2D eigenvalue weighted by Gasteiger charge is -2.15. The first-order valence-corrected chi connectivity index (χ1v) is 7.17. The molecule has 1 amide bonds. The van der Waals surface area contributed by atoms with E-state index in [2.05, 4.69) is 26.6 Å². The van der Waals surface area contributed by atoms with Crippen LogP contribution in [0.4, 0.5) is 4.39 Å². The summed E-state index contributed by atoms with van der Waals surface area (Å²) >= 11 is 3.32. The molecule has 2 N–H and O–H groups in total. The molecule has 0 heterocycles. The molecule has 0 aromatic heterocycles. The number of carbonyl (C=O) groups excluding carboxylic acids is 1. The van der Waals surface area contributed by atoms with Gasteiger partial charge in [-0.1, -0.05) is 15.9 Å². The van der Waals surface area contributed by atoms with Crippen LogP contribution >= 0.6 is 15.9 Å². The van der Waals surface area contributed by atoms with Gasteiger partial charge in [0, 0.05) is 35.1 Å². The van der Waals surface area contributed by atoms with Crippen molar-refractivity contribution >= 4 is 21.8 Å². The fourth-order valence-corrected chi connectivity index (χ4v) is 2.13. The summed E-state index contributed by atoms with van der Waals surface area (Å²) in [5, 5.41) is 5.97. The Balaban J connectivity index is 2.45. The Kier molecular flexibility index (Phi) is 6.45. The summed E-state index contributed by atoms with van der Waals surface area (Å²) in [4.78, 5) is 11.5. The molecular formula is C14H20BrFN2O. The number of halogens is 2. The summed E-state index contributed by atoms with van der Waals surface area (Å²) < 4.78 is 14.5. The second-order valence-electron chi connectivity index (χ2n) is 4.81. The number of benzene rings is 1. The van der Waals surface area contributed by atoms with Gasteiger partial charge in [0.1, 0.15) is 5.82 Å². The van der Waals surface area contributed by atoms with E-state index in [1.165, 1.54) is 6.07 Å². The van der Waals surface area contributed by atoms with Gasteiger partial charge in [0.25, 0.3) is 0 Å². The molecule has 3 nitrogen and oxygen atoms in total. The molecule has 1 rings (SSSR count). The van der Waals surface area contributed by atoms with Crippen LogP contribution in [0.3, 0.4) is 0 Å². The van der Waals surface area contributed by atoms with Crippen molar-refractivity contribution in [3.05, 3.63) is 34.1 Å². The second-order valence-corrected chi connectivity index (χ2v) is 5.73. The van der Waals surface area contributed by atoms with Crippen molar-refractivity contribution in [2.24, 2.45) is 0 Å². The van der Waals surface area contributed by atoms with Crippen LogP contribution in [0, 0.1) is 5.82 Å². The second kappa shape index (κ2) is 7.60. The van der Waals surface area contributed by atoms with E-state index in [1.54, 1.807) is 12.1 Å². The predicted molar refractivity (Wildman–Crippen MR) is 78.4 cm³/mol. The van der Waals surface area contributed by atoms with Crippen molar-refractivity contribution in [1.82, 2.24) is 10.6 Å². The van der Waals surface area contributed by atoms with Crippen molar-refractivity contribution < 1.29 is 9.18 Å². The fraction of sp³-hybridized carbons (Fsp3) is 0.500. The Morgan fingerprint density at radius 1 is 1.37 bits per heavy atom. The van der Waals surface area contributed by atoms with Gasteiger partial charge in [-0.2, -0.15) is 0 Å². The van der Waals surface area contributed by atoms with E-state index < -0.39 is 0 Å². The molecule has 0 fully saturated rings. The highest BCUT2D eigenvalue weighted by molar-refractivity contribution is 9.10. The molecule has 106 valence electrons. The van der Waals surface area contributed by atoms with Crippen LogP contribution in [0.15, 0.2) is 22.7 Å². The van der Waals surface area contributed by atoms with Crippen molar-refractivity contribution in [1.29, 1.82) is 0 Å². The largest absolute Gasteiger partial charge is 0.354 e. The molecule has 0 spiro atoms. The molecule has 1 unspecified atom stereocenters. The Labute approximate surface area is 122 Å². The van der Waals surface area contributed by atoms with Gasteiger partial charge in [0.2, 0.25) is 5.91 Å². The predicted octanol–water partition coefficient (Wildman–Crippen LogP) is 3.15. The Hall–Kier alpha value is -0.940. The highest BCUT2D eigenvalue weighted by Crippen LogP contribution is 2.21. The average Bonchev–Trinajstić information content (AvgIpc) is 2.31. The molecule has 0 saturated carbocycles. The molecular weight excluding hydrogens is 311 g/mol. The van der Waals surface area contributed by atoms with Gasteiger partial charge in [-0.15, -0.1) is 0 Å². The van der Waals surface area contributed by atoms with Crippen LogP contribution < -0.4 is 10.6 Å². The van der Waals surface area contributed by atoms with Gasteiger partial charge in [0.15, 0.2) is 0 Å². The molecule has 1 atom stereocenters. The highest BCUT2D eigenvalue weighted by Gasteiger charge is 2.11. The van der Waals surface area contributed by atoms with Gasteiger partial charge >= 0.3 is 0 Å². The lowest BCUT2D eigenvalue weighted by molar-refractivity contribution is -0.121. The van der Waals surface area contributed by atoms with E-state index >= 15 is 0 Å². The Bertz CT molecular complexity index is 437. The molecule has 0 aliphatic rings. The molecule has 0 aliphatic heterocycles. The third-order valence-corrected chi connectivity index (χ3v) is 3.17. The normalized spacial score (nSPS) is 12.5. The smallest absolute Gasteiger partial charge is 0.221 e. The molecule has 1 aromatic carbocycles. The minimum atomic E-state index is -0.241. The molecule has 0 bridgehead atoms. The summed E-state index contributed by atoms with van der Waals surface area (Å²) in [7, 11) is 0. The Morgan fingerprint density at radius 3 is 2.68 bits per heavy atom. The Morgan fingerprint density at radius 2 is 2.05 bits per heavy atom.